The number of nitrogens with zero attached hydrogens (tertiary/aromatic N) is 2. The lowest BCUT2D eigenvalue weighted by atomic mass is 10.2. The molecular weight excluding hydrogens is 287 g/mol. The van der Waals surface area contributed by atoms with Crippen LogP contribution in [0.15, 0.2) is 18.2 Å². The molecule has 0 atom stereocenters. The van der Waals surface area contributed by atoms with E-state index < -0.39 is 5.60 Å². The van der Waals surface area contributed by atoms with Gasteiger partial charge in [-0.25, -0.2) is 9.18 Å². The minimum absolute atomic E-state index is 0.293. The maximum atomic E-state index is 13.3. The molecule has 1 aromatic carbocycles. The topological polar surface area (TPSA) is 42.0 Å². The Hall–Kier alpha value is -1.98. The molecule has 1 fully saturated rings. The van der Waals surface area contributed by atoms with Crippen LogP contribution in [0, 0.1) is 5.82 Å². The zero-order valence-corrected chi connectivity index (χ0v) is 13.6. The van der Waals surface area contributed by atoms with Crippen LogP contribution in [0.4, 0.5) is 14.9 Å². The van der Waals surface area contributed by atoms with Crippen LogP contribution in [-0.2, 0) is 4.74 Å². The third-order valence-corrected chi connectivity index (χ3v) is 3.41. The molecule has 1 aliphatic heterocycles. The Morgan fingerprint density at radius 2 is 1.82 bits per heavy atom. The van der Waals surface area contributed by atoms with E-state index in [1.807, 2.05) is 20.8 Å². The molecule has 0 saturated carbocycles. The fourth-order valence-corrected chi connectivity index (χ4v) is 2.37. The predicted octanol–water partition coefficient (Wildman–Crippen LogP) is 2.89. The quantitative estimate of drug-likeness (QED) is 0.842. The molecule has 0 aromatic heterocycles. The summed E-state index contributed by atoms with van der Waals surface area (Å²) in [5.74, 6) is 0.179. The molecule has 1 amide bonds. The largest absolute Gasteiger partial charge is 0.494 e. The van der Waals surface area contributed by atoms with Crippen molar-refractivity contribution in [3.8, 4) is 5.75 Å². The van der Waals surface area contributed by atoms with Gasteiger partial charge in [0.2, 0.25) is 0 Å². The molecule has 6 heteroatoms. The summed E-state index contributed by atoms with van der Waals surface area (Å²) < 4.78 is 23.9. The first-order chi connectivity index (χ1) is 10.3. The summed E-state index contributed by atoms with van der Waals surface area (Å²) in [6, 6.07) is 4.49. The molecule has 0 N–H and O–H groups in total. The molecular formula is C16H23FN2O3. The van der Waals surface area contributed by atoms with Crippen molar-refractivity contribution in [2.45, 2.75) is 26.4 Å². The van der Waals surface area contributed by atoms with Crippen LogP contribution in [0.5, 0.6) is 5.75 Å². The Bertz CT molecular complexity index is 535. The smallest absolute Gasteiger partial charge is 0.410 e. The number of amides is 1. The second-order valence-corrected chi connectivity index (χ2v) is 6.27. The summed E-state index contributed by atoms with van der Waals surface area (Å²) in [6.07, 6.45) is -0.293. The van der Waals surface area contributed by atoms with Gasteiger partial charge in [-0.05, 0) is 32.9 Å². The highest BCUT2D eigenvalue weighted by atomic mass is 19.1. The number of ether oxygens (including phenoxy) is 2. The number of halogens is 1. The summed E-state index contributed by atoms with van der Waals surface area (Å²) in [7, 11) is 1.52. The average Bonchev–Trinajstić information content (AvgIpc) is 2.45. The standard InChI is InChI=1S/C16H23FN2O3/c1-16(2,3)22-15(20)19-9-7-18(8-10-19)13-6-5-12(17)11-14(13)21-4/h5-6,11H,7-10H2,1-4H3. The van der Waals surface area contributed by atoms with Gasteiger partial charge in [-0.3, -0.25) is 0 Å². The van der Waals surface area contributed by atoms with Gasteiger partial charge in [0.25, 0.3) is 0 Å². The monoisotopic (exact) mass is 310 g/mol. The first kappa shape index (κ1) is 16.4. The van der Waals surface area contributed by atoms with Crippen molar-refractivity contribution in [3.05, 3.63) is 24.0 Å². The number of piperazine rings is 1. The molecule has 1 aliphatic rings. The van der Waals surface area contributed by atoms with Gasteiger partial charge in [-0.2, -0.15) is 0 Å². The summed E-state index contributed by atoms with van der Waals surface area (Å²) in [5.41, 5.74) is 0.349. The maximum Gasteiger partial charge on any atom is 0.410 e. The summed E-state index contributed by atoms with van der Waals surface area (Å²) in [5, 5.41) is 0. The van der Waals surface area contributed by atoms with E-state index in [9.17, 15) is 9.18 Å². The number of methoxy groups -OCH3 is 1. The average molecular weight is 310 g/mol. The lowest BCUT2D eigenvalue weighted by Crippen LogP contribution is -2.50. The Balaban J connectivity index is 1.99. The zero-order chi connectivity index (χ0) is 16.3. The minimum Gasteiger partial charge on any atom is -0.494 e. The van der Waals surface area contributed by atoms with E-state index in [-0.39, 0.29) is 11.9 Å². The molecule has 5 nitrogen and oxygen atoms in total. The van der Waals surface area contributed by atoms with Crippen molar-refractivity contribution in [1.29, 1.82) is 0 Å². The van der Waals surface area contributed by atoms with Gasteiger partial charge in [0.15, 0.2) is 0 Å². The number of benzene rings is 1. The highest BCUT2D eigenvalue weighted by molar-refractivity contribution is 5.69. The SMILES string of the molecule is COc1cc(F)ccc1N1CCN(C(=O)OC(C)(C)C)CC1. The van der Waals surface area contributed by atoms with E-state index in [0.717, 1.165) is 5.69 Å². The number of anilines is 1. The van der Waals surface area contributed by atoms with E-state index in [2.05, 4.69) is 4.90 Å². The van der Waals surface area contributed by atoms with Crippen molar-refractivity contribution in [2.24, 2.45) is 0 Å². The summed E-state index contributed by atoms with van der Waals surface area (Å²) in [6.45, 7) is 7.99. The van der Waals surface area contributed by atoms with Crippen molar-refractivity contribution in [1.82, 2.24) is 4.90 Å². The molecule has 0 spiro atoms. The third kappa shape index (κ3) is 4.02. The highest BCUT2D eigenvalue weighted by Gasteiger charge is 2.26. The van der Waals surface area contributed by atoms with Crippen LogP contribution < -0.4 is 9.64 Å². The van der Waals surface area contributed by atoms with Gasteiger partial charge >= 0.3 is 6.09 Å². The second kappa shape index (κ2) is 6.42. The molecule has 1 heterocycles. The number of rotatable bonds is 2. The Morgan fingerprint density at radius 3 is 2.36 bits per heavy atom. The molecule has 122 valence electrons. The van der Waals surface area contributed by atoms with E-state index in [1.165, 1.54) is 19.2 Å². The summed E-state index contributed by atoms with van der Waals surface area (Å²) in [4.78, 5) is 15.8. The molecule has 0 radical (unpaired) electrons. The molecule has 0 unspecified atom stereocenters. The number of hydrogen-bond donors (Lipinski definition) is 0. The molecule has 0 bridgehead atoms. The molecule has 1 saturated heterocycles. The van der Waals surface area contributed by atoms with E-state index in [4.69, 9.17) is 9.47 Å². The second-order valence-electron chi connectivity index (χ2n) is 6.27. The highest BCUT2D eigenvalue weighted by Crippen LogP contribution is 2.29. The van der Waals surface area contributed by atoms with Crippen LogP contribution in [0.2, 0.25) is 0 Å². The maximum absolute atomic E-state index is 13.3. The fraction of sp³-hybridized carbons (Fsp3) is 0.562. The first-order valence-electron chi connectivity index (χ1n) is 7.36. The van der Waals surface area contributed by atoms with Crippen molar-refractivity contribution in [3.63, 3.8) is 0 Å². The normalized spacial score (nSPS) is 15.7. The van der Waals surface area contributed by atoms with Crippen LogP contribution in [0.1, 0.15) is 20.8 Å². The Labute approximate surface area is 130 Å². The van der Waals surface area contributed by atoms with Crippen LogP contribution >= 0.6 is 0 Å². The first-order valence-corrected chi connectivity index (χ1v) is 7.36. The lowest BCUT2D eigenvalue weighted by molar-refractivity contribution is 0.0240. The number of carbonyl (C=O) groups excluding carboxylic acids is 1. The van der Waals surface area contributed by atoms with E-state index in [1.54, 1.807) is 11.0 Å². The summed E-state index contributed by atoms with van der Waals surface area (Å²) >= 11 is 0. The molecule has 2 rings (SSSR count). The lowest BCUT2D eigenvalue weighted by Gasteiger charge is -2.37. The number of carbonyl (C=O) groups is 1. The van der Waals surface area contributed by atoms with Crippen molar-refractivity contribution >= 4 is 11.8 Å². The van der Waals surface area contributed by atoms with Gasteiger partial charge in [0, 0.05) is 32.2 Å². The van der Waals surface area contributed by atoms with Gasteiger partial charge in [-0.15, -0.1) is 0 Å². The predicted molar refractivity (Wildman–Crippen MR) is 83.0 cm³/mol. The van der Waals surface area contributed by atoms with Crippen molar-refractivity contribution in [2.75, 3.05) is 38.2 Å². The van der Waals surface area contributed by atoms with Crippen LogP contribution in [-0.4, -0.2) is 49.9 Å². The number of hydrogen-bond acceptors (Lipinski definition) is 4. The molecule has 1 aromatic rings. The molecule has 22 heavy (non-hydrogen) atoms. The minimum atomic E-state index is -0.492. The van der Waals surface area contributed by atoms with Gasteiger partial charge in [-0.1, -0.05) is 0 Å². The Morgan fingerprint density at radius 1 is 1.18 bits per heavy atom. The van der Waals surface area contributed by atoms with Crippen molar-refractivity contribution < 1.29 is 18.7 Å². The van der Waals surface area contributed by atoms with E-state index >= 15 is 0 Å². The van der Waals surface area contributed by atoms with Crippen LogP contribution in [0.3, 0.4) is 0 Å². The van der Waals surface area contributed by atoms with E-state index in [0.29, 0.717) is 31.9 Å². The third-order valence-electron chi connectivity index (χ3n) is 3.41. The van der Waals surface area contributed by atoms with Crippen LogP contribution in [0.25, 0.3) is 0 Å². The fourth-order valence-electron chi connectivity index (χ4n) is 2.37. The Kier molecular flexibility index (Phi) is 4.78. The van der Waals surface area contributed by atoms with Gasteiger partial charge in [0.05, 0.1) is 12.8 Å². The van der Waals surface area contributed by atoms with Gasteiger partial charge in [0.1, 0.15) is 17.2 Å². The zero-order valence-electron chi connectivity index (χ0n) is 13.6. The molecule has 0 aliphatic carbocycles. The van der Waals surface area contributed by atoms with Gasteiger partial charge < -0.3 is 19.3 Å².